The molecule has 1 rings (SSSR count). The lowest BCUT2D eigenvalue weighted by molar-refractivity contribution is 0.0544. The van der Waals surface area contributed by atoms with Gasteiger partial charge in [0.15, 0.2) is 0 Å². The van der Waals surface area contributed by atoms with Crippen LogP contribution in [0.3, 0.4) is 0 Å². The van der Waals surface area contributed by atoms with Gasteiger partial charge in [0.1, 0.15) is 14.2 Å². The molecule has 0 saturated carbocycles. The van der Waals surface area contributed by atoms with Crippen LogP contribution in [-0.4, -0.2) is 25.9 Å². The first-order chi connectivity index (χ1) is 7.97. The largest absolute Gasteiger partial charge is 0.378 e. The van der Waals surface area contributed by atoms with Crippen LogP contribution in [0, 0.1) is 11.5 Å². The van der Waals surface area contributed by atoms with Crippen LogP contribution in [0.15, 0.2) is 30.3 Å². The Morgan fingerprint density at radius 1 is 1.24 bits per heavy atom. The van der Waals surface area contributed by atoms with Crippen LogP contribution in [0.2, 0.25) is 19.6 Å². The number of hydrogen-bond donors (Lipinski definition) is 1. The summed E-state index contributed by atoms with van der Waals surface area (Å²) in [5, 5.41) is 9.61. The van der Waals surface area contributed by atoms with Gasteiger partial charge in [-0.3, -0.25) is 0 Å². The van der Waals surface area contributed by atoms with Crippen LogP contribution in [0.4, 0.5) is 0 Å². The Hall–Kier alpha value is -1.08. The molecule has 1 atom stereocenters. The zero-order valence-corrected chi connectivity index (χ0v) is 11.7. The van der Waals surface area contributed by atoms with Gasteiger partial charge in [0.05, 0.1) is 13.2 Å². The maximum absolute atomic E-state index is 9.61. The summed E-state index contributed by atoms with van der Waals surface area (Å²) in [4.78, 5) is 0. The predicted molar refractivity (Wildman–Crippen MR) is 73.2 cm³/mol. The van der Waals surface area contributed by atoms with Crippen molar-refractivity contribution in [2.45, 2.75) is 32.4 Å². The van der Waals surface area contributed by atoms with E-state index >= 15 is 0 Å². The molecule has 0 saturated heterocycles. The van der Waals surface area contributed by atoms with E-state index in [9.17, 15) is 5.11 Å². The Morgan fingerprint density at radius 3 is 2.47 bits per heavy atom. The van der Waals surface area contributed by atoms with Gasteiger partial charge < -0.3 is 9.84 Å². The second-order valence-electron chi connectivity index (χ2n) is 5.04. The summed E-state index contributed by atoms with van der Waals surface area (Å²) < 4.78 is 5.41. The zero-order valence-electron chi connectivity index (χ0n) is 10.7. The molecule has 1 aromatic carbocycles. The Kier molecular flexibility index (Phi) is 5.43. The summed E-state index contributed by atoms with van der Waals surface area (Å²) in [5.74, 6) is 2.85. The highest BCUT2D eigenvalue weighted by Gasteiger charge is 2.08. The van der Waals surface area contributed by atoms with Crippen molar-refractivity contribution in [1.29, 1.82) is 0 Å². The van der Waals surface area contributed by atoms with Gasteiger partial charge in [-0.1, -0.05) is 55.9 Å². The lowest BCUT2D eigenvalue weighted by Gasteiger charge is -2.08. The van der Waals surface area contributed by atoms with Crippen molar-refractivity contribution in [1.82, 2.24) is 0 Å². The van der Waals surface area contributed by atoms with Crippen molar-refractivity contribution in [3.8, 4) is 11.5 Å². The average molecular weight is 248 g/mol. The number of aliphatic hydroxyl groups is 1. The first kappa shape index (κ1) is 14.0. The van der Waals surface area contributed by atoms with E-state index in [0.717, 1.165) is 5.56 Å². The Labute approximate surface area is 105 Å². The first-order valence-corrected chi connectivity index (χ1v) is 9.30. The molecule has 1 unspecified atom stereocenters. The Bertz CT molecular complexity index is 384. The standard InChI is InChI=1S/C14H20O2Si/c1-17(2,3)10-9-14(15)12-16-11-13-7-5-4-6-8-13/h4-8,14-15H,11-12H2,1-3H3. The molecular formula is C14H20O2Si. The third kappa shape index (κ3) is 6.95. The molecule has 2 nitrogen and oxygen atoms in total. The molecule has 0 aromatic heterocycles. The van der Waals surface area contributed by atoms with Crippen LogP contribution in [0.25, 0.3) is 0 Å². The normalized spacial score (nSPS) is 12.7. The van der Waals surface area contributed by atoms with Crippen molar-refractivity contribution in [2.75, 3.05) is 6.61 Å². The van der Waals surface area contributed by atoms with Crippen LogP contribution < -0.4 is 0 Å². The summed E-state index contributed by atoms with van der Waals surface area (Å²) >= 11 is 0. The van der Waals surface area contributed by atoms with Crippen molar-refractivity contribution in [2.24, 2.45) is 0 Å². The summed E-state index contributed by atoms with van der Waals surface area (Å²) in [6.07, 6.45) is -0.676. The lowest BCUT2D eigenvalue weighted by atomic mass is 10.2. The SMILES string of the molecule is C[Si](C)(C)C#CC(O)COCc1ccccc1. The first-order valence-electron chi connectivity index (χ1n) is 5.80. The smallest absolute Gasteiger partial charge is 0.137 e. The molecule has 0 amide bonds. The van der Waals surface area contributed by atoms with Gasteiger partial charge in [0, 0.05) is 0 Å². The molecule has 92 valence electrons. The number of hydrogen-bond acceptors (Lipinski definition) is 2. The van der Waals surface area contributed by atoms with E-state index in [1.54, 1.807) is 0 Å². The lowest BCUT2D eigenvalue weighted by Crippen LogP contribution is -2.19. The van der Waals surface area contributed by atoms with Crippen molar-refractivity contribution >= 4 is 8.07 Å². The minimum absolute atomic E-state index is 0.270. The van der Waals surface area contributed by atoms with Gasteiger partial charge in [-0.05, 0) is 5.56 Å². The van der Waals surface area contributed by atoms with E-state index in [1.165, 1.54) is 0 Å². The van der Waals surface area contributed by atoms with Crippen molar-refractivity contribution in [3.63, 3.8) is 0 Å². The molecule has 17 heavy (non-hydrogen) atoms. The van der Waals surface area contributed by atoms with Crippen LogP contribution >= 0.6 is 0 Å². The fraction of sp³-hybridized carbons (Fsp3) is 0.429. The highest BCUT2D eigenvalue weighted by atomic mass is 28.3. The van der Waals surface area contributed by atoms with Gasteiger partial charge >= 0.3 is 0 Å². The summed E-state index contributed by atoms with van der Waals surface area (Å²) in [6, 6.07) is 9.91. The van der Waals surface area contributed by atoms with Crippen molar-refractivity contribution < 1.29 is 9.84 Å². The van der Waals surface area contributed by atoms with E-state index in [0.29, 0.717) is 6.61 Å². The second kappa shape index (κ2) is 6.60. The average Bonchev–Trinajstić information content (AvgIpc) is 2.27. The van der Waals surface area contributed by atoms with Gasteiger partial charge in [0.25, 0.3) is 0 Å². The highest BCUT2D eigenvalue weighted by molar-refractivity contribution is 6.83. The number of rotatable bonds is 4. The summed E-state index contributed by atoms with van der Waals surface area (Å²) in [5.41, 5.74) is 4.24. The number of ether oxygens (including phenoxy) is 1. The number of benzene rings is 1. The van der Waals surface area contributed by atoms with Crippen LogP contribution in [-0.2, 0) is 11.3 Å². The molecule has 0 spiro atoms. The maximum atomic E-state index is 9.61. The zero-order chi connectivity index (χ0) is 12.7. The Balaban J connectivity index is 2.29. The number of aliphatic hydroxyl groups excluding tert-OH is 1. The van der Waals surface area contributed by atoms with Crippen LogP contribution in [0.1, 0.15) is 5.56 Å². The Morgan fingerprint density at radius 2 is 1.88 bits per heavy atom. The minimum atomic E-state index is -1.40. The van der Waals surface area contributed by atoms with E-state index in [-0.39, 0.29) is 6.61 Å². The maximum Gasteiger partial charge on any atom is 0.137 e. The van der Waals surface area contributed by atoms with Crippen LogP contribution in [0.5, 0.6) is 0 Å². The molecule has 0 aliphatic rings. The molecular weight excluding hydrogens is 228 g/mol. The molecule has 0 heterocycles. The topological polar surface area (TPSA) is 29.5 Å². The van der Waals surface area contributed by atoms with E-state index in [4.69, 9.17) is 4.74 Å². The van der Waals surface area contributed by atoms with Gasteiger partial charge in [0.2, 0.25) is 0 Å². The predicted octanol–water partition coefficient (Wildman–Crippen LogP) is 2.44. The minimum Gasteiger partial charge on any atom is -0.378 e. The highest BCUT2D eigenvalue weighted by Crippen LogP contribution is 2.01. The van der Waals surface area contributed by atoms with Crippen molar-refractivity contribution in [3.05, 3.63) is 35.9 Å². The summed E-state index contributed by atoms with van der Waals surface area (Å²) in [7, 11) is -1.40. The quantitative estimate of drug-likeness (QED) is 0.655. The van der Waals surface area contributed by atoms with Gasteiger partial charge in [-0.25, -0.2) is 0 Å². The van der Waals surface area contributed by atoms with E-state index in [2.05, 4.69) is 31.1 Å². The fourth-order valence-electron chi connectivity index (χ4n) is 1.20. The molecule has 0 aliphatic heterocycles. The molecule has 0 bridgehead atoms. The molecule has 0 radical (unpaired) electrons. The third-order valence-corrected chi connectivity index (χ3v) is 2.90. The van der Waals surface area contributed by atoms with E-state index < -0.39 is 14.2 Å². The monoisotopic (exact) mass is 248 g/mol. The molecule has 1 N–H and O–H groups in total. The summed E-state index contributed by atoms with van der Waals surface area (Å²) in [6.45, 7) is 7.24. The molecule has 1 aromatic rings. The van der Waals surface area contributed by atoms with E-state index in [1.807, 2.05) is 30.3 Å². The van der Waals surface area contributed by atoms with Gasteiger partial charge in [-0.2, -0.15) is 0 Å². The molecule has 0 fully saturated rings. The van der Waals surface area contributed by atoms with Gasteiger partial charge in [-0.15, -0.1) is 5.54 Å². The molecule has 3 heteroatoms. The third-order valence-electron chi connectivity index (χ3n) is 2.00. The second-order valence-corrected chi connectivity index (χ2v) is 9.79. The molecule has 0 aliphatic carbocycles. The fourth-order valence-corrected chi connectivity index (χ4v) is 1.80.